The van der Waals surface area contributed by atoms with Gasteiger partial charge in [0.15, 0.2) is 18.1 Å². The van der Waals surface area contributed by atoms with Crippen LogP contribution in [0.1, 0.15) is 37.0 Å². The van der Waals surface area contributed by atoms with Gasteiger partial charge in [-0.05, 0) is 53.0 Å². The van der Waals surface area contributed by atoms with Crippen molar-refractivity contribution >= 4 is 21.8 Å². The van der Waals surface area contributed by atoms with Gasteiger partial charge in [0.05, 0.1) is 34.3 Å². The Balaban J connectivity index is 2.12. The summed E-state index contributed by atoms with van der Waals surface area (Å²) in [5, 5.41) is 18.0. The molecule has 0 saturated carbocycles. The van der Waals surface area contributed by atoms with Gasteiger partial charge in [0.1, 0.15) is 0 Å². The Morgan fingerprint density at radius 3 is 2.34 bits per heavy atom. The molecule has 1 amide bonds. The van der Waals surface area contributed by atoms with Crippen LogP contribution in [0.5, 0.6) is 11.5 Å². The summed E-state index contributed by atoms with van der Waals surface area (Å²) in [4.78, 5) is 14.5. The van der Waals surface area contributed by atoms with Crippen molar-refractivity contribution in [3.63, 3.8) is 0 Å². The molecular weight excluding hydrogens is 434 g/mol. The maximum atomic E-state index is 12.8. The molecule has 2 aromatic carbocycles. The van der Waals surface area contributed by atoms with Crippen molar-refractivity contribution in [2.24, 2.45) is 0 Å². The number of halogens is 1. The van der Waals surface area contributed by atoms with Gasteiger partial charge in [-0.2, -0.15) is 10.5 Å². The predicted octanol–water partition coefficient (Wildman–Crippen LogP) is 4.41. The van der Waals surface area contributed by atoms with Crippen molar-refractivity contribution in [3.8, 4) is 23.6 Å². The standard InChI is InChI=1S/C22H22BrN3O3/c1-3-9-26(14-17-7-5-16(12-24)6-8-17)21(27)15-29-22-19(23)10-18(13-25)11-20(22)28-4-2/h5-8,10-11H,3-4,9,14-15H2,1-2H3. The second-order valence-electron chi connectivity index (χ2n) is 6.24. The number of ether oxygens (including phenoxy) is 2. The highest BCUT2D eigenvalue weighted by molar-refractivity contribution is 9.10. The van der Waals surface area contributed by atoms with Crippen LogP contribution in [-0.4, -0.2) is 30.6 Å². The summed E-state index contributed by atoms with van der Waals surface area (Å²) in [6, 6.07) is 14.5. The molecule has 0 unspecified atom stereocenters. The minimum atomic E-state index is -0.157. The topological polar surface area (TPSA) is 86.4 Å². The van der Waals surface area contributed by atoms with E-state index in [1.165, 1.54) is 0 Å². The number of rotatable bonds is 9. The minimum absolute atomic E-state index is 0.152. The van der Waals surface area contributed by atoms with Gasteiger partial charge < -0.3 is 14.4 Å². The molecule has 0 N–H and O–H groups in total. The van der Waals surface area contributed by atoms with E-state index in [1.54, 1.807) is 29.2 Å². The van der Waals surface area contributed by atoms with Crippen LogP contribution < -0.4 is 9.47 Å². The molecular formula is C22H22BrN3O3. The van der Waals surface area contributed by atoms with Crippen LogP contribution >= 0.6 is 15.9 Å². The molecule has 2 aromatic rings. The smallest absolute Gasteiger partial charge is 0.260 e. The van der Waals surface area contributed by atoms with Crippen molar-refractivity contribution in [1.82, 2.24) is 4.90 Å². The Labute approximate surface area is 179 Å². The summed E-state index contributed by atoms with van der Waals surface area (Å²) < 4.78 is 11.9. The second kappa shape index (κ2) is 11.1. The average Bonchev–Trinajstić information content (AvgIpc) is 2.73. The van der Waals surface area contributed by atoms with E-state index in [1.807, 2.05) is 26.0 Å². The third-order valence-electron chi connectivity index (χ3n) is 4.08. The predicted molar refractivity (Wildman–Crippen MR) is 112 cm³/mol. The monoisotopic (exact) mass is 455 g/mol. The molecule has 150 valence electrons. The number of benzene rings is 2. The number of nitrogens with zero attached hydrogens (tertiary/aromatic N) is 3. The van der Waals surface area contributed by atoms with Crippen LogP contribution in [0.3, 0.4) is 0 Å². The number of nitriles is 2. The highest BCUT2D eigenvalue weighted by atomic mass is 79.9. The Morgan fingerprint density at radius 1 is 1.07 bits per heavy atom. The number of hydrogen-bond acceptors (Lipinski definition) is 5. The largest absolute Gasteiger partial charge is 0.490 e. The van der Waals surface area contributed by atoms with E-state index in [4.69, 9.17) is 20.0 Å². The fourth-order valence-corrected chi connectivity index (χ4v) is 3.28. The van der Waals surface area contributed by atoms with Gasteiger partial charge in [-0.3, -0.25) is 4.79 Å². The van der Waals surface area contributed by atoms with E-state index in [0.29, 0.717) is 46.8 Å². The zero-order chi connectivity index (χ0) is 21.2. The van der Waals surface area contributed by atoms with Crippen LogP contribution in [0, 0.1) is 22.7 Å². The molecule has 0 bridgehead atoms. The normalized spacial score (nSPS) is 9.97. The zero-order valence-corrected chi connectivity index (χ0v) is 18.0. The number of carbonyl (C=O) groups is 1. The van der Waals surface area contributed by atoms with Gasteiger partial charge in [-0.25, -0.2) is 0 Å². The molecule has 6 nitrogen and oxygen atoms in total. The van der Waals surface area contributed by atoms with E-state index >= 15 is 0 Å². The molecule has 0 fully saturated rings. The van der Waals surface area contributed by atoms with Crippen molar-refractivity contribution < 1.29 is 14.3 Å². The maximum absolute atomic E-state index is 12.8. The first-order valence-corrected chi connectivity index (χ1v) is 10.1. The SMILES string of the molecule is CCCN(Cc1ccc(C#N)cc1)C(=O)COc1c(Br)cc(C#N)cc1OCC. The van der Waals surface area contributed by atoms with Crippen LogP contribution in [0.2, 0.25) is 0 Å². The molecule has 0 heterocycles. The fourth-order valence-electron chi connectivity index (χ4n) is 2.73. The Morgan fingerprint density at radius 2 is 1.76 bits per heavy atom. The lowest BCUT2D eigenvalue weighted by atomic mass is 10.1. The first kappa shape index (κ1) is 22.3. The highest BCUT2D eigenvalue weighted by Gasteiger charge is 2.18. The maximum Gasteiger partial charge on any atom is 0.260 e. The molecule has 0 aliphatic carbocycles. The lowest BCUT2D eigenvalue weighted by Gasteiger charge is -2.23. The Kier molecular flexibility index (Phi) is 8.51. The van der Waals surface area contributed by atoms with Gasteiger partial charge in [-0.1, -0.05) is 19.1 Å². The van der Waals surface area contributed by atoms with Crippen molar-refractivity contribution in [3.05, 3.63) is 57.6 Å². The van der Waals surface area contributed by atoms with Gasteiger partial charge in [-0.15, -0.1) is 0 Å². The van der Waals surface area contributed by atoms with Crippen LogP contribution in [-0.2, 0) is 11.3 Å². The molecule has 0 aliphatic rings. The molecule has 0 atom stereocenters. The highest BCUT2D eigenvalue weighted by Crippen LogP contribution is 2.36. The number of carbonyl (C=O) groups excluding carboxylic acids is 1. The van der Waals surface area contributed by atoms with Crippen molar-refractivity contribution in [1.29, 1.82) is 10.5 Å². The number of amides is 1. The molecule has 0 aromatic heterocycles. The Hall–Kier alpha value is -3.03. The quantitative estimate of drug-likeness (QED) is 0.558. The lowest BCUT2D eigenvalue weighted by Crippen LogP contribution is -2.35. The van der Waals surface area contributed by atoms with Gasteiger partial charge in [0, 0.05) is 19.2 Å². The van der Waals surface area contributed by atoms with Gasteiger partial charge in [0.25, 0.3) is 5.91 Å². The third kappa shape index (κ3) is 6.23. The van der Waals surface area contributed by atoms with E-state index < -0.39 is 0 Å². The summed E-state index contributed by atoms with van der Waals surface area (Å²) in [6.45, 7) is 5.13. The molecule has 0 spiro atoms. The molecule has 2 rings (SSSR count). The molecule has 29 heavy (non-hydrogen) atoms. The molecule has 0 aliphatic heterocycles. The van der Waals surface area contributed by atoms with Crippen LogP contribution in [0.15, 0.2) is 40.9 Å². The zero-order valence-electron chi connectivity index (χ0n) is 16.4. The van der Waals surface area contributed by atoms with E-state index in [9.17, 15) is 4.79 Å². The molecule has 0 radical (unpaired) electrons. The summed E-state index contributed by atoms with van der Waals surface area (Å²) in [5.74, 6) is 0.657. The van der Waals surface area contributed by atoms with Crippen molar-refractivity contribution in [2.45, 2.75) is 26.8 Å². The molecule has 7 heteroatoms. The second-order valence-corrected chi connectivity index (χ2v) is 7.10. The first-order valence-electron chi connectivity index (χ1n) is 9.28. The first-order chi connectivity index (χ1) is 14.0. The van der Waals surface area contributed by atoms with E-state index in [-0.39, 0.29) is 12.5 Å². The average molecular weight is 456 g/mol. The summed E-state index contributed by atoms with van der Waals surface area (Å²) >= 11 is 3.39. The lowest BCUT2D eigenvalue weighted by molar-refractivity contribution is -0.134. The van der Waals surface area contributed by atoms with E-state index in [2.05, 4.69) is 28.1 Å². The van der Waals surface area contributed by atoms with Crippen LogP contribution in [0.4, 0.5) is 0 Å². The van der Waals surface area contributed by atoms with Crippen molar-refractivity contribution in [2.75, 3.05) is 19.8 Å². The van der Waals surface area contributed by atoms with Gasteiger partial charge >= 0.3 is 0 Å². The summed E-state index contributed by atoms with van der Waals surface area (Å²) in [6.07, 6.45) is 0.812. The fraction of sp³-hybridized carbons (Fsp3) is 0.318. The third-order valence-corrected chi connectivity index (χ3v) is 4.67. The summed E-state index contributed by atoms with van der Waals surface area (Å²) in [7, 11) is 0. The minimum Gasteiger partial charge on any atom is -0.490 e. The van der Waals surface area contributed by atoms with Crippen LogP contribution in [0.25, 0.3) is 0 Å². The van der Waals surface area contributed by atoms with Gasteiger partial charge in [0.2, 0.25) is 0 Å². The Bertz CT molecular complexity index is 930. The number of hydrogen-bond donors (Lipinski definition) is 0. The van der Waals surface area contributed by atoms with E-state index in [0.717, 1.165) is 12.0 Å². The molecule has 0 saturated heterocycles. The summed E-state index contributed by atoms with van der Waals surface area (Å²) in [5.41, 5.74) is 1.97.